The topological polar surface area (TPSA) is 115 Å². The molecule has 0 amide bonds. The van der Waals surface area contributed by atoms with E-state index in [1.165, 1.54) is 61.3 Å². The summed E-state index contributed by atoms with van der Waals surface area (Å²) >= 11 is 3.16. The van der Waals surface area contributed by atoms with Gasteiger partial charge in [0, 0.05) is 18.2 Å². The number of hydrogen-bond acceptors (Lipinski definition) is 6. The molecule has 6 rings (SSSR count). The second kappa shape index (κ2) is 12.0. The lowest BCUT2D eigenvalue weighted by Crippen LogP contribution is -2.33. The van der Waals surface area contributed by atoms with Crippen LogP contribution in [0.25, 0.3) is 17.3 Å². The molecule has 1 saturated heterocycles. The molecule has 40 heavy (non-hydrogen) atoms. The average Bonchev–Trinajstić information content (AvgIpc) is 3.77. The first kappa shape index (κ1) is 27.4. The highest BCUT2D eigenvalue weighted by Gasteiger charge is 2.38. The van der Waals surface area contributed by atoms with Crippen LogP contribution in [0.1, 0.15) is 74.8 Å². The van der Waals surface area contributed by atoms with Crippen LogP contribution in [0.15, 0.2) is 51.2 Å². The number of aliphatic hydroxyl groups excluding tert-OH is 1. The van der Waals surface area contributed by atoms with Crippen LogP contribution < -0.4 is 11.2 Å². The molecule has 2 saturated carbocycles. The fraction of sp³-hybridized carbons (Fsp3) is 0.533. The minimum atomic E-state index is -0.662. The molecule has 5 atom stereocenters. The summed E-state index contributed by atoms with van der Waals surface area (Å²) in [7, 11) is 0. The third-order valence-electron chi connectivity index (χ3n) is 9.20. The first-order valence-corrected chi connectivity index (χ1v) is 15.3. The van der Waals surface area contributed by atoms with Crippen LogP contribution in [0, 0.1) is 17.8 Å². The second-order valence-electron chi connectivity index (χ2n) is 11.6. The maximum atomic E-state index is 12.5. The van der Waals surface area contributed by atoms with Crippen molar-refractivity contribution in [3.8, 4) is 11.3 Å². The summed E-state index contributed by atoms with van der Waals surface area (Å²) < 4.78 is 9.08. The number of ether oxygens (including phenoxy) is 1. The highest BCUT2D eigenvalue weighted by atomic mass is 79.9. The number of nitrogens with zero attached hydrogens (tertiary/aromatic N) is 4. The van der Waals surface area contributed by atoms with Crippen molar-refractivity contribution < 1.29 is 9.84 Å². The molecule has 3 heterocycles. The number of nitrogens with one attached hydrogen (secondary N) is 1. The molecule has 9 nitrogen and oxygen atoms in total. The van der Waals surface area contributed by atoms with Crippen molar-refractivity contribution in [3.63, 3.8) is 0 Å². The van der Waals surface area contributed by atoms with Gasteiger partial charge in [0.15, 0.2) is 0 Å². The molecule has 212 valence electrons. The van der Waals surface area contributed by atoms with Gasteiger partial charge in [0.25, 0.3) is 5.56 Å². The Balaban J connectivity index is 1.12. The van der Waals surface area contributed by atoms with Crippen LogP contribution in [0.2, 0.25) is 0 Å². The van der Waals surface area contributed by atoms with Gasteiger partial charge in [-0.3, -0.25) is 14.3 Å². The van der Waals surface area contributed by atoms with Crippen LogP contribution in [0.5, 0.6) is 0 Å². The number of rotatable bonds is 8. The summed E-state index contributed by atoms with van der Waals surface area (Å²) in [5, 5.41) is 18.8. The second-order valence-corrected chi connectivity index (χ2v) is 12.2. The summed E-state index contributed by atoms with van der Waals surface area (Å²) in [5.74, 6) is 2.72. The van der Waals surface area contributed by atoms with Crippen LogP contribution in [-0.4, -0.2) is 42.4 Å². The Morgan fingerprint density at radius 2 is 1.85 bits per heavy atom. The van der Waals surface area contributed by atoms with Crippen molar-refractivity contribution in [1.82, 2.24) is 24.5 Å². The molecular weight excluding hydrogens is 574 g/mol. The smallest absolute Gasteiger partial charge is 0.330 e. The van der Waals surface area contributed by atoms with E-state index in [1.54, 1.807) is 15.7 Å². The van der Waals surface area contributed by atoms with Crippen LogP contribution >= 0.6 is 15.9 Å². The minimum absolute atomic E-state index is 0.236. The molecule has 0 radical (unpaired) electrons. The van der Waals surface area contributed by atoms with E-state index < -0.39 is 23.6 Å². The predicted molar refractivity (Wildman–Crippen MR) is 156 cm³/mol. The molecule has 2 aliphatic carbocycles. The number of aromatic amines is 1. The van der Waals surface area contributed by atoms with E-state index in [0.29, 0.717) is 12.0 Å². The number of aliphatic hydroxyl groups is 1. The SMILES string of the molecule is O=c1[nH]c(=O)n([C@H]2CC(n3cc(-c4ccc(CC5CCC(C6CCCC6)C5)cc4)nn3)[C@@H](CO)O2)cc1/C=C/Br. The molecule has 3 fully saturated rings. The molecule has 3 aromatic rings. The third kappa shape index (κ3) is 5.66. The molecule has 2 aromatic heterocycles. The van der Waals surface area contributed by atoms with E-state index in [9.17, 15) is 14.7 Å². The zero-order valence-electron chi connectivity index (χ0n) is 22.5. The van der Waals surface area contributed by atoms with Crippen molar-refractivity contribution in [2.24, 2.45) is 17.8 Å². The van der Waals surface area contributed by atoms with Crippen molar-refractivity contribution in [2.75, 3.05) is 6.61 Å². The Kier molecular flexibility index (Phi) is 8.18. The maximum Gasteiger partial charge on any atom is 0.330 e. The van der Waals surface area contributed by atoms with Crippen molar-refractivity contribution in [2.45, 2.75) is 76.2 Å². The quantitative estimate of drug-likeness (QED) is 0.378. The van der Waals surface area contributed by atoms with Gasteiger partial charge in [-0.2, -0.15) is 0 Å². The predicted octanol–water partition coefficient (Wildman–Crippen LogP) is 4.83. The van der Waals surface area contributed by atoms with Gasteiger partial charge in [-0.05, 0) is 60.1 Å². The standard InChI is InChI=1S/C30H36BrN5O4/c31-12-11-24-16-35(30(39)32-29(24)38)28-15-26(27(18-37)40-28)36-17-25(33-34-36)22-8-5-19(6-9-22)13-20-7-10-23(14-20)21-3-1-2-4-21/h5-6,8-9,11-12,16-17,20-21,23,26-28,37H,1-4,7,10,13-15,18H2,(H,32,38,39)/b12-11+/t20?,23?,26?,27-,28-/m1/s1. The molecule has 3 aliphatic rings. The molecule has 1 aromatic carbocycles. The van der Waals surface area contributed by atoms with Crippen molar-refractivity contribution >= 4 is 22.0 Å². The molecule has 2 N–H and O–H groups in total. The summed E-state index contributed by atoms with van der Waals surface area (Å²) in [6.45, 7) is -0.236. The Labute approximate surface area is 241 Å². The summed E-state index contributed by atoms with van der Waals surface area (Å²) in [4.78, 5) is 28.5. The van der Waals surface area contributed by atoms with Gasteiger partial charge < -0.3 is 9.84 Å². The Hall–Kier alpha value is -2.82. The van der Waals surface area contributed by atoms with Gasteiger partial charge in [0.05, 0.1) is 24.4 Å². The monoisotopic (exact) mass is 609 g/mol. The molecule has 1 aliphatic heterocycles. The van der Waals surface area contributed by atoms with E-state index in [-0.39, 0.29) is 12.6 Å². The molecule has 0 spiro atoms. The van der Waals surface area contributed by atoms with Crippen LogP contribution in [-0.2, 0) is 11.2 Å². The molecule has 0 bridgehead atoms. The first-order valence-electron chi connectivity index (χ1n) is 14.4. The van der Waals surface area contributed by atoms with Gasteiger partial charge in [-0.1, -0.05) is 71.1 Å². The lowest BCUT2D eigenvalue weighted by atomic mass is 9.88. The largest absolute Gasteiger partial charge is 0.394 e. The number of hydrogen-bond donors (Lipinski definition) is 2. The van der Waals surface area contributed by atoms with Crippen LogP contribution in [0.3, 0.4) is 0 Å². The maximum absolute atomic E-state index is 12.5. The van der Waals surface area contributed by atoms with E-state index in [4.69, 9.17) is 4.74 Å². The Bertz CT molecular complexity index is 1460. The van der Waals surface area contributed by atoms with Gasteiger partial charge in [0.2, 0.25) is 0 Å². The van der Waals surface area contributed by atoms with Gasteiger partial charge in [0.1, 0.15) is 18.0 Å². The number of H-pyrrole nitrogens is 1. The van der Waals surface area contributed by atoms with Gasteiger partial charge >= 0.3 is 5.69 Å². The number of benzene rings is 1. The highest BCUT2D eigenvalue weighted by molar-refractivity contribution is 9.11. The fourth-order valence-electron chi connectivity index (χ4n) is 7.10. The summed E-state index contributed by atoms with van der Waals surface area (Å²) in [5.41, 5.74) is 2.39. The van der Waals surface area contributed by atoms with E-state index in [0.717, 1.165) is 35.4 Å². The van der Waals surface area contributed by atoms with E-state index in [2.05, 4.69) is 55.5 Å². The molecule has 10 heteroatoms. The number of aromatic nitrogens is 5. The average molecular weight is 611 g/mol. The lowest BCUT2D eigenvalue weighted by Gasteiger charge is -2.18. The van der Waals surface area contributed by atoms with Crippen molar-refractivity contribution in [3.05, 3.63) is 73.6 Å². The van der Waals surface area contributed by atoms with Gasteiger partial charge in [-0.25, -0.2) is 9.48 Å². The van der Waals surface area contributed by atoms with E-state index in [1.807, 2.05) is 6.20 Å². The van der Waals surface area contributed by atoms with Crippen LogP contribution in [0.4, 0.5) is 0 Å². The Morgan fingerprint density at radius 3 is 2.60 bits per heavy atom. The first-order chi connectivity index (χ1) is 19.5. The molecular formula is C30H36BrN5O4. The fourth-order valence-corrected chi connectivity index (χ4v) is 7.39. The summed E-state index contributed by atoms with van der Waals surface area (Å²) in [6, 6.07) is 8.33. The third-order valence-corrected chi connectivity index (χ3v) is 9.47. The van der Waals surface area contributed by atoms with Crippen molar-refractivity contribution in [1.29, 1.82) is 0 Å². The van der Waals surface area contributed by atoms with E-state index >= 15 is 0 Å². The lowest BCUT2D eigenvalue weighted by molar-refractivity contribution is -0.0323. The highest BCUT2D eigenvalue weighted by Crippen LogP contribution is 2.43. The normalized spacial score (nSPS) is 27.3. The minimum Gasteiger partial charge on any atom is -0.394 e. The summed E-state index contributed by atoms with van der Waals surface area (Å²) in [6.07, 6.45) is 15.1. The Morgan fingerprint density at radius 1 is 1.05 bits per heavy atom. The number of halogens is 1. The molecule has 3 unspecified atom stereocenters. The zero-order chi connectivity index (χ0) is 27.6. The van der Waals surface area contributed by atoms with Gasteiger partial charge in [-0.15, -0.1) is 5.10 Å². The zero-order valence-corrected chi connectivity index (χ0v) is 24.1.